The lowest BCUT2D eigenvalue weighted by Gasteiger charge is -2.09. The highest BCUT2D eigenvalue weighted by molar-refractivity contribution is 5.64. The molecule has 3 rings (SSSR count). The fraction of sp³-hybridized carbons (Fsp3) is 0.250. The van der Waals surface area contributed by atoms with E-state index in [1.54, 1.807) is 0 Å². The Hall–Kier alpha value is -2.23. The van der Waals surface area contributed by atoms with Crippen LogP contribution in [0.2, 0.25) is 0 Å². The fourth-order valence-corrected chi connectivity index (χ4v) is 2.13. The average Bonchev–Trinajstić information content (AvgIpc) is 3.25. The minimum Gasteiger partial charge on any atom is -0.483 e. The van der Waals surface area contributed by atoms with Crippen molar-refractivity contribution in [2.45, 2.75) is 25.7 Å². The molecule has 0 aliphatic heterocycles. The number of nitrogens with zero attached hydrogens (tertiary/aromatic N) is 1. The summed E-state index contributed by atoms with van der Waals surface area (Å²) in [6, 6.07) is 10.8. The zero-order valence-corrected chi connectivity index (χ0v) is 11.2. The molecular formula is C16H16FNO2. The van der Waals surface area contributed by atoms with Crippen molar-refractivity contribution in [3.05, 3.63) is 53.5 Å². The van der Waals surface area contributed by atoms with Crippen LogP contribution in [0.4, 0.5) is 4.39 Å². The first kappa shape index (κ1) is 14.2. The van der Waals surface area contributed by atoms with E-state index in [1.165, 1.54) is 30.5 Å². The number of aromatic nitrogens is 1. The maximum absolute atomic E-state index is 12.9. The Kier molecular flexibility index (Phi) is 4.45. The number of benzene rings is 1. The monoisotopic (exact) mass is 273 g/mol. The molecule has 0 spiro atoms. The van der Waals surface area contributed by atoms with Crippen molar-refractivity contribution in [3.63, 3.8) is 0 Å². The second-order valence-electron chi connectivity index (χ2n) is 4.78. The lowest BCUT2D eigenvalue weighted by atomic mass is 10.0. The number of carboxylic acid groups (broad SMARTS) is 1. The molecule has 2 aromatic rings. The van der Waals surface area contributed by atoms with Gasteiger partial charge in [-0.2, -0.15) is 0 Å². The van der Waals surface area contributed by atoms with Crippen molar-refractivity contribution in [3.8, 4) is 11.3 Å². The van der Waals surface area contributed by atoms with Gasteiger partial charge in [0, 0.05) is 11.3 Å². The van der Waals surface area contributed by atoms with Crippen LogP contribution in [0.3, 0.4) is 0 Å². The highest BCUT2D eigenvalue weighted by atomic mass is 19.1. The summed E-state index contributed by atoms with van der Waals surface area (Å²) in [5.41, 5.74) is 4.35. The molecular weight excluding hydrogens is 257 g/mol. The standard InChI is InChI=1S/C15H14FN.CH2O2/c1-10-2-9-14(11-3-4-11)15(17-10)12-5-7-13(16)8-6-12;2-1-3/h2,5-9,11H,3-4H2,1H3;1H,(H,2,3). The van der Waals surface area contributed by atoms with Crippen LogP contribution in [-0.2, 0) is 4.79 Å². The molecule has 0 bridgehead atoms. The van der Waals surface area contributed by atoms with Crippen molar-refractivity contribution in [2.75, 3.05) is 0 Å². The van der Waals surface area contributed by atoms with Gasteiger partial charge in [-0.15, -0.1) is 0 Å². The topological polar surface area (TPSA) is 50.2 Å². The van der Waals surface area contributed by atoms with E-state index in [-0.39, 0.29) is 12.3 Å². The Morgan fingerprint density at radius 3 is 2.35 bits per heavy atom. The van der Waals surface area contributed by atoms with E-state index in [4.69, 9.17) is 9.90 Å². The molecule has 1 fully saturated rings. The van der Waals surface area contributed by atoms with Gasteiger partial charge in [-0.25, -0.2) is 4.39 Å². The van der Waals surface area contributed by atoms with Crippen molar-refractivity contribution in [1.29, 1.82) is 0 Å². The molecule has 1 aromatic heterocycles. The zero-order chi connectivity index (χ0) is 14.5. The summed E-state index contributed by atoms with van der Waals surface area (Å²) in [7, 11) is 0. The van der Waals surface area contributed by atoms with Crippen molar-refractivity contribution >= 4 is 6.47 Å². The molecule has 20 heavy (non-hydrogen) atoms. The lowest BCUT2D eigenvalue weighted by Crippen LogP contribution is -1.93. The van der Waals surface area contributed by atoms with E-state index in [0.717, 1.165) is 17.0 Å². The van der Waals surface area contributed by atoms with Crippen LogP contribution in [0, 0.1) is 12.7 Å². The number of pyridine rings is 1. The second kappa shape index (κ2) is 6.28. The van der Waals surface area contributed by atoms with E-state index in [1.807, 2.05) is 19.1 Å². The number of carbonyl (C=O) groups is 1. The maximum Gasteiger partial charge on any atom is 0.290 e. The quantitative estimate of drug-likeness (QED) is 0.847. The number of rotatable bonds is 2. The van der Waals surface area contributed by atoms with Crippen LogP contribution in [0.25, 0.3) is 11.3 Å². The SMILES string of the molecule is Cc1ccc(C2CC2)c(-c2ccc(F)cc2)n1.O=CO. The maximum atomic E-state index is 12.9. The van der Waals surface area contributed by atoms with E-state index in [9.17, 15) is 4.39 Å². The summed E-state index contributed by atoms with van der Waals surface area (Å²) in [4.78, 5) is 13.0. The van der Waals surface area contributed by atoms with Crippen molar-refractivity contribution in [2.24, 2.45) is 0 Å². The fourth-order valence-electron chi connectivity index (χ4n) is 2.13. The van der Waals surface area contributed by atoms with Gasteiger partial charge in [0.05, 0.1) is 5.69 Å². The predicted octanol–water partition coefficient (Wildman–Crippen LogP) is 3.77. The highest BCUT2D eigenvalue weighted by Gasteiger charge is 2.27. The summed E-state index contributed by atoms with van der Waals surface area (Å²) >= 11 is 0. The molecule has 3 nitrogen and oxygen atoms in total. The van der Waals surface area contributed by atoms with Gasteiger partial charge in [0.2, 0.25) is 0 Å². The van der Waals surface area contributed by atoms with Crippen LogP contribution in [0.1, 0.15) is 30.0 Å². The van der Waals surface area contributed by atoms with Crippen LogP contribution < -0.4 is 0 Å². The minimum atomic E-state index is -0.250. The van der Waals surface area contributed by atoms with E-state index >= 15 is 0 Å². The van der Waals surface area contributed by atoms with Gasteiger partial charge >= 0.3 is 0 Å². The first-order chi connectivity index (χ1) is 9.65. The summed E-state index contributed by atoms with van der Waals surface area (Å²) in [5.74, 6) is 0.456. The Morgan fingerprint density at radius 2 is 1.80 bits per heavy atom. The third-order valence-electron chi connectivity index (χ3n) is 3.20. The summed E-state index contributed by atoms with van der Waals surface area (Å²) in [6.45, 7) is 1.74. The molecule has 1 aromatic carbocycles. The van der Waals surface area contributed by atoms with Crippen molar-refractivity contribution in [1.82, 2.24) is 4.98 Å². The Balaban J connectivity index is 0.000000452. The van der Waals surface area contributed by atoms with Gasteiger partial charge in [0.1, 0.15) is 5.82 Å². The smallest absolute Gasteiger partial charge is 0.290 e. The molecule has 0 amide bonds. The average molecular weight is 273 g/mol. The van der Waals surface area contributed by atoms with Gasteiger partial charge in [-0.3, -0.25) is 9.78 Å². The van der Waals surface area contributed by atoms with Gasteiger partial charge in [0.25, 0.3) is 6.47 Å². The summed E-state index contributed by atoms with van der Waals surface area (Å²) in [5, 5.41) is 6.89. The van der Waals surface area contributed by atoms with Crippen LogP contribution in [0.5, 0.6) is 0 Å². The van der Waals surface area contributed by atoms with Crippen LogP contribution in [0.15, 0.2) is 36.4 Å². The lowest BCUT2D eigenvalue weighted by molar-refractivity contribution is -0.122. The van der Waals surface area contributed by atoms with E-state index in [0.29, 0.717) is 5.92 Å². The Morgan fingerprint density at radius 1 is 1.20 bits per heavy atom. The Labute approximate surface area is 117 Å². The number of hydrogen-bond donors (Lipinski definition) is 1. The molecule has 1 saturated carbocycles. The van der Waals surface area contributed by atoms with Gasteiger partial charge in [0.15, 0.2) is 0 Å². The normalized spacial score (nSPS) is 13.3. The van der Waals surface area contributed by atoms with Crippen LogP contribution in [-0.4, -0.2) is 16.6 Å². The Bertz CT molecular complexity index is 592. The van der Waals surface area contributed by atoms with Gasteiger partial charge in [-0.05, 0) is 61.6 Å². The van der Waals surface area contributed by atoms with Crippen molar-refractivity contribution < 1.29 is 14.3 Å². The first-order valence-electron chi connectivity index (χ1n) is 6.47. The number of halogens is 1. The predicted molar refractivity (Wildman–Crippen MR) is 75.0 cm³/mol. The van der Waals surface area contributed by atoms with Gasteiger partial charge < -0.3 is 5.11 Å². The second-order valence-corrected chi connectivity index (χ2v) is 4.78. The third-order valence-corrected chi connectivity index (χ3v) is 3.20. The minimum absolute atomic E-state index is 0.200. The molecule has 1 aliphatic rings. The number of hydrogen-bond acceptors (Lipinski definition) is 2. The number of aryl methyl sites for hydroxylation is 1. The molecule has 0 radical (unpaired) electrons. The molecule has 1 heterocycles. The molecule has 0 saturated heterocycles. The zero-order valence-electron chi connectivity index (χ0n) is 11.2. The van der Waals surface area contributed by atoms with E-state index in [2.05, 4.69) is 17.1 Å². The van der Waals surface area contributed by atoms with Gasteiger partial charge in [-0.1, -0.05) is 6.07 Å². The molecule has 4 heteroatoms. The third kappa shape index (κ3) is 3.41. The summed E-state index contributed by atoms with van der Waals surface area (Å²) in [6.07, 6.45) is 2.50. The molecule has 104 valence electrons. The molecule has 0 atom stereocenters. The van der Waals surface area contributed by atoms with E-state index < -0.39 is 0 Å². The van der Waals surface area contributed by atoms with Crippen LogP contribution >= 0.6 is 0 Å². The molecule has 1 aliphatic carbocycles. The molecule has 0 unspecified atom stereocenters. The first-order valence-corrected chi connectivity index (χ1v) is 6.47. The largest absolute Gasteiger partial charge is 0.483 e. The summed E-state index contributed by atoms with van der Waals surface area (Å²) < 4.78 is 12.9. The highest BCUT2D eigenvalue weighted by Crippen LogP contribution is 2.43. The molecule has 1 N–H and O–H groups in total.